The fraction of sp³-hybridized carbons (Fsp3) is 0.0455. The van der Waals surface area contributed by atoms with Gasteiger partial charge in [-0.3, -0.25) is 9.78 Å². The first-order chi connectivity index (χ1) is 13.7. The van der Waals surface area contributed by atoms with Crippen molar-refractivity contribution in [2.24, 2.45) is 0 Å². The van der Waals surface area contributed by atoms with Crippen molar-refractivity contribution in [3.8, 4) is 11.3 Å². The molecule has 0 amide bonds. The van der Waals surface area contributed by atoms with Gasteiger partial charge in [0.25, 0.3) is 0 Å². The van der Waals surface area contributed by atoms with Crippen LogP contribution in [-0.2, 0) is 6.54 Å². The summed E-state index contributed by atoms with van der Waals surface area (Å²) < 4.78 is 6.08. The zero-order chi connectivity index (χ0) is 19.5. The topological polar surface area (TPSA) is 85.5 Å². The third-order valence-electron chi connectivity index (χ3n) is 4.43. The highest BCUT2D eigenvalue weighted by Crippen LogP contribution is 2.31. The Morgan fingerprint density at radius 3 is 2.61 bits per heavy atom. The fourth-order valence-corrected chi connectivity index (χ4v) is 3.05. The van der Waals surface area contributed by atoms with E-state index in [2.05, 4.69) is 15.1 Å². The minimum atomic E-state index is -0.124. The van der Waals surface area contributed by atoms with Gasteiger partial charge in [-0.15, -0.1) is 0 Å². The maximum Gasteiger partial charge on any atom is 0.250 e. The van der Waals surface area contributed by atoms with Crippen LogP contribution in [0.5, 0.6) is 0 Å². The molecule has 0 radical (unpaired) electrons. The fourth-order valence-electron chi connectivity index (χ4n) is 3.05. The standard InChI is InChI=1S/C22H16N4O2/c1-24-19-17(23)11-12-25-22(19)26-13-16-20(27)15-9-5-6-10-18(15)28-21(16)14-7-3-2-4-8-14/h2-12H,13H2,(H3,23,25,26). The molecule has 0 saturated heterocycles. The lowest BCUT2D eigenvalue weighted by atomic mass is 10.0. The molecule has 4 rings (SSSR count). The second kappa shape index (κ2) is 7.25. The minimum Gasteiger partial charge on any atom is -0.455 e. The van der Waals surface area contributed by atoms with Crippen molar-refractivity contribution >= 4 is 28.2 Å². The quantitative estimate of drug-likeness (QED) is 0.514. The lowest BCUT2D eigenvalue weighted by molar-refractivity contribution is 0.611. The van der Waals surface area contributed by atoms with Crippen LogP contribution in [0.4, 0.5) is 17.2 Å². The normalized spacial score (nSPS) is 10.5. The van der Waals surface area contributed by atoms with Gasteiger partial charge in [-0.2, -0.15) is 0 Å². The molecule has 0 aliphatic heterocycles. The Morgan fingerprint density at radius 1 is 1.07 bits per heavy atom. The zero-order valence-electron chi connectivity index (χ0n) is 14.8. The second-order valence-electron chi connectivity index (χ2n) is 6.16. The number of nitrogens with two attached hydrogens (primary N) is 1. The summed E-state index contributed by atoms with van der Waals surface area (Å²) in [4.78, 5) is 20.8. The predicted molar refractivity (Wildman–Crippen MR) is 110 cm³/mol. The summed E-state index contributed by atoms with van der Waals surface area (Å²) in [5, 5.41) is 3.58. The number of aromatic nitrogens is 1. The van der Waals surface area contributed by atoms with E-state index in [1.54, 1.807) is 24.3 Å². The van der Waals surface area contributed by atoms with E-state index in [0.29, 0.717) is 33.8 Å². The molecule has 2 aromatic heterocycles. The van der Waals surface area contributed by atoms with Gasteiger partial charge in [-0.05, 0) is 18.2 Å². The van der Waals surface area contributed by atoms with E-state index in [9.17, 15) is 4.79 Å². The Morgan fingerprint density at radius 2 is 1.82 bits per heavy atom. The van der Waals surface area contributed by atoms with E-state index in [0.717, 1.165) is 5.56 Å². The van der Waals surface area contributed by atoms with E-state index in [1.807, 2.05) is 36.4 Å². The van der Waals surface area contributed by atoms with Gasteiger partial charge in [0.05, 0.1) is 17.5 Å². The third kappa shape index (κ3) is 3.06. The molecule has 2 heterocycles. The number of nitrogen functional groups attached to an aromatic ring is 1. The van der Waals surface area contributed by atoms with E-state index in [4.69, 9.17) is 16.7 Å². The Labute approximate surface area is 161 Å². The van der Waals surface area contributed by atoms with Crippen LogP contribution in [0.1, 0.15) is 5.56 Å². The predicted octanol–water partition coefficient (Wildman–Crippen LogP) is 4.60. The summed E-state index contributed by atoms with van der Waals surface area (Å²) in [6.07, 6.45) is 1.52. The number of fused-ring (bicyclic) bond motifs is 1. The van der Waals surface area contributed by atoms with E-state index < -0.39 is 0 Å². The highest BCUT2D eigenvalue weighted by atomic mass is 16.3. The number of benzene rings is 2. The van der Waals surface area contributed by atoms with Crippen molar-refractivity contribution in [2.45, 2.75) is 6.54 Å². The molecule has 0 bridgehead atoms. The van der Waals surface area contributed by atoms with Crippen LogP contribution >= 0.6 is 0 Å². The number of hydrogen-bond donors (Lipinski definition) is 2. The van der Waals surface area contributed by atoms with Crippen molar-refractivity contribution in [1.29, 1.82) is 0 Å². The monoisotopic (exact) mass is 368 g/mol. The van der Waals surface area contributed by atoms with E-state index >= 15 is 0 Å². The summed E-state index contributed by atoms with van der Waals surface area (Å²) in [5.41, 5.74) is 8.08. The first kappa shape index (κ1) is 17.3. The van der Waals surface area contributed by atoms with Gasteiger partial charge in [0, 0.05) is 24.0 Å². The van der Waals surface area contributed by atoms with Gasteiger partial charge in [-0.25, -0.2) is 4.85 Å². The van der Waals surface area contributed by atoms with Gasteiger partial charge < -0.3 is 15.5 Å². The largest absolute Gasteiger partial charge is 0.455 e. The molecule has 28 heavy (non-hydrogen) atoms. The molecule has 0 fully saturated rings. The van der Waals surface area contributed by atoms with Gasteiger partial charge >= 0.3 is 0 Å². The molecule has 2 aromatic carbocycles. The Balaban J connectivity index is 1.84. The molecule has 0 unspecified atom stereocenters. The van der Waals surface area contributed by atoms with Gasteiger partial charge in [0.2, 0.25) is 5.69 Å². The maximum absolute atomic E-state index is 13.2. The molecular weight excluding hydrogens is 352 g/mol. The van der Waals surface area contributed by atoms with Crippen molar-refractivity contribution in [1.82, 2.24) is 4.98 Å². The number of para-hydroxylation sites is 1. The first-order valence-electron chi connectivity index (χ1n) is 8.65. The minimum absolute atomic E-state index is 0.124. The number of hydrogen-bond acceptors (Lipinski definition) is 5. The molecule has 4 aromatic rings. The molecule has 3 N–H and O–H groups in total. The molecule has 6 nitrogen and oxygen atoms in total. The van der Waals surface area contributed by atoms with Crippen LogP contribution < -0.4 is 16.5 Å². The maximum atomic E-state index is 13.2. The highest BCUT2D eigenvalue weighted by molar-refractivity contribution is 5.81. The summed E-state index contributed by atoms with van der Waals surface area (Å²) in [7, 11) is 0. The molecule has 0 aliphatic carbocycles. The molecule has 0 atom stereocenters. The second-order valence-corrected chi connectivity index (χ2v) is 6.16. The molecule has 136 valence electrons. The summed E-state index contributed by atoms with van der Waals surface area (Å²) in [5.74, 6) is 0.826. The van der Waals surface area contributed by atoms with Gasteiger partial charge in [0.15, 0.2) is 5.43 Å². The lowest BCUT2D eigenvalue weighted by Crippen LogP contribution is -2.15. The van der Waals surface area contributed by atoms with Gasteiger partial charge in [-0.1, -0.05) is 42.5 Å². The lowest BCUT2D eigenvalue weighted by Gasteiger charge is -2.12. The van der Waals surface area contributed by atoms with Crippen molar-refractivity contribution < 1.29 is 4.42 Å². The van der Waals surface area contributed by atoms with Gasteiger partial charge in [0.1, 0.15) is 17.2 Å². The van der Waals surface area contributed by atoms with E-state index in [-0.39, 0.29) is 17.7 Å². The Kier molecular flexibility index (Phi) is 4.48. The van der Waals surface area contributed by atoms with Crippen LogP contribution in [0.15, 0.2) is 76.1 Å². The van der Waals surface area contributed by atoms with Crippen LogP contribution in [0.25, 0.3) is 27.1 Å². The van der Waals surface area contributed by atoms with Crippen LogP contribution in [0.2, 0.25) is 0 Å². The van der Waals surface area contributed by atoms with Crippen molar-refractivity contribution in [3.05, 3.63) is 94.1 Å². The van der Waals surface area contributed by atoms with Crippen LogP contribution in [0.3, 0.4) is 0 Å². The zero-order valence-corrected chi connectivity index (χ0v) is 14.8. The Bertz CT molecular complexity index is 1260. The molecule has 0 saturated carbocycles. The third-order valence-corrected chi connectivity index (χ3v) is 4.43. The number of anilines is 2. The SMILES string of the molecule is [C-]#[N+]c1c(N)ccnc1NCc1c(-c2ccccc2)oc2ccccc2c1=O. The summed E-state index contributed by atoms with van der Waals surface area (Å²) >= 11 is 0. The first-order valence-corrected chi connectivity index (χ1v) is 8.65. The average molecular weight is 368 g/mol. The average Bonchev–Trinajstić information content (AvgIpc) is 2.73. The van der Waals surface area contributed by atoms with Crippen LogP contribution in [0, 0.1) is 6.57 Å². The number of rotatable bonds is 4. The smallest absolute Gasteiger partial charge is 0.250 e. The van der Waals surface area contributed by atoms with Crippen LogP contribution in [-0.4, -0.2) is 4.98 Å². The van der Waals surface area contributed by atoms with Crippen molar-refractivity contribution in [3.63, 3.8) is 0 Å². The summed E-state index contributed by atoms with van der Waals surface area (Å²) in [6, 6.07) is 18.2. The van der Waals surface area contributed by atoms with E-state index in [1.165, 1.54) is 6.20 Å². The number of nitrogens with zero attached hydrogens (tertiary/aromatic N) is 2. The molecule has 0 aliphatic rings. The Hall–Kier alpha value is -4.11. The molecule has 6 heteroatoms. The molecule has 0 spiro atoms. The molecular formula is C22H16N4O2. The highest BCUT2D eigenvalue weighted by Gasteiger charge is 2.17. The number of pyridine rings is 1. The number of nitrogens with one attached hydrogen (secondary N) is 1. The van der Waals surface area contributed by atoms with Crippen molar-refractivity contribution in [2.75, 3.05) is 11.1 Å². The summed E-state index contributed by atoms with van der Waals surface area (Å²) in [6.45, 7) is 7.47.